The summed E-state index contributed by atoms with van der Waals surface area (Å²) in [6, 6.07) is 0.343. The van der Waals surface area contributed by atoms with E-state index in [0.717, 1.165) is 39.0 Å². The largest absolute Gasteiger partial charge is 0.353 e. The van der Waals surface area contributed by atoms with Gasteiger partial charge in [-0.3, -0.25) is 9.59 Å². The van der Waals surface area contributed by atoms with Gasteiger partial charge in [0, 0.05) is 45.1 Å². The Balaban J connectivity index is 1.63. The lowest BCUT2D eigenvalue weighted by molar-refractivity contribution is -0.134. The molecule has 1 heterocycles. The zero-order valence-corrected chi connectivity index (χ0v) is 11.6. The Hall–Kier alpha value is -1.10. The number of piperazine rings is 1. The van der Waals surface area contributed by atoms with Gasteiger partial charge in [-0.15, -0.1) is 0 Å². The van der Waals surface area contributed by atoms with E-state index in [1.807, 2.05) is 4.90 Å². The fourth-order valence-corrected chi connectivity index (χ4v) is 2.84. The monoisotopic (exact) mass is 267 g/mol. The van der Waals surface area contributed by atoms with Crippen LogP contribution >= 0.6 is 0 Å². The molecule has 2 N–H and O–H groups in total. The summed E-state index contributed by atoms with van der Waals surface area (Å²) in [5, 5.41) is 6.27. The molecule has 1 saturated carbocycles. The summed E-state index contributed by atoms with van der Waals surface area (Å²) in [5.74, 6) is 0.149. The van der Waals surface area contributed by atoms with Gasteiger partial charge in [-0.2, -0.15) is 0 Å². The minimum atomic E-state index is 0.0374. The van der Waals surface area contributed by atoms with Crippen LogP contribution in [0.15, 0.2) is 0 Å². The topological polar surface area (TPSA) is 61.4 Å². The molecular formula is C14H25N3O2. The van der Waals surface area contributed by atoms with Gasteiger partial charge < -0.3 is 15.5 Å². The third kappa shape index (κ3) is 4.82. The average molecular weight is 267 g/mol. The number of nitrogens with zero attached hydrogens (tertiary/aromatic N) is 1. The lowest BCUT2D eigenvalue weighted by atomic mass is 9.95. The number of amides is 2. The first-order valence-electron chi connectivity index (χ1n) is 7.53. The Bertz CT molecular complexity index is 308. The van der Waals surface area contributed by atoms with Crippen LogP contribution in [0.25, 0.3) is 0 Å². The number of rotatable bonds is 4. The van der Waals surface area contributed by atoms with Crippen molar-refractivity contribution in [2.75, 3.05) is 26.2 Å². The van der Waals surface area contributed by atoms with E-state index < -0.39 is 0 Å². The van der Waals surface area contributed by atoms with E-state index in [9.17, 15) is 9.59 Å². The molecule has 1 saturated heterocycles. The minimum absolute atomic E-state index is 0.0374. The van der Waals surface area contributed by atoms with Crippen molar-refractivity contribution in [3.63, 3.8) is 0 Å². The van der Waals surface area contributed by atoms with Gasteiger partial charge in [0.25, 0.3) is 0 Å². The molecule has 0 radical (unpaired) electrons. The maximum absolute atomic E-state index is 11.9. The van der Waals surface area contributed by atoms with Crippen LogP contribution in [0.1, 0.15) is 44.9 Å². The Morgan fingerprint density at radius 3 is 2.42 bits per heavy atom. The van der Waals surface area contributed by atoms with Crippen LogP contribution in [0.3, 0.4) is 0 Å². The molecule has 19 heavy (non-hydrogen) atoms. The second-order valence-electron chi connectivity index (χ2n) is 5.53. The van der Waals surface area contributed by atoms with Crippen molar-refractivity contribution < 1.29 is 9.59 Å². The van der Waals surface area contributed by atoms with Crippen molar-refractivity contribution >= 4 is 11.8 Å². The first kappa shape index (κ1) is 14.3. The normalized spacial score (nSPS) is 21.2. The van der Waals surface area contributed by atoms with Gasteiger partial charge in [0.2, 0.25) is 11.8 Å². The predicted octanol–water partition coefficient (Wildman–Crippen LogP) is 0.647. The molecule has 2 aliphatic rings. The summed E-state index contributed by atoms with van der Waals surface area (Å²) < 4.78 is 0. The van der Waals surface area contributed by atoms with Gasteiger partial charge in [-0.25, -0.2) is 0 Å². The smallest absolute Gasteiger partial charge is 0.223 e. The van der Waals surface area contributed by atoms with Crippen molar-refractivity contribution in [1.29, 1.82) is 0 Å². The van der Waals surface area contributed by atoms with Crippen LogP contribution < -0.4 is 10.6 Å². The average Bonchev–Trinajstić information content (AvgIpc) is 2.47. The molecule has 0 bridgehead atoms. The number of hydrogen-bond donors (Lipinski definition) is 2. The van der Waals surface area contributed by atoms with Gasteiger partial charge in [0.1, 0.15) is 0 Å². The fourth-order valence-electron chi connectivity index (χ4n) is 2.84. The number of carbonyl (C=O) groups is 2. The van der Waals surface area contributed by atoms with Crippen LogP contribution in [-0.2, 0) is 9.59 Å². The highest BCUT2D eigenvalue weighted by Gasteiger charge is 2.19. The zero-order chi connectivity index (χ0) is 13.5. The summed E-state index contributed by atoms with van der Waals surface area (Å²) in [5.41, 5.74) is 0. The van der Waals surface area contributed by atoms with E-state index >= 15 is 0 Å². The molecule has 0 aromatic rings. The lowest BCUT2D eigenvalue weighted by Crippen LogP contribution is -2.46. The van der Waals surface area contributed by atoms with Crippen molar-refractivity contribution in [2.45, 2.75) is 51.0 Å². The van der Waals surface area contributed by atoms with Gasteiger partial charge in [-0.05, 0) is 12.8 Å². The number of nitrogens with one attached hydrogen (secondary N) is 2. The minimum Gasteiger partial charge on any atom is -0.353 e. The second kappa shape index (κ2) is 7.48. The van der Waals surface area contributed by atoms with Crippen LogP contribution in [0.5, 0.6) is 0 Å². The molecule has 0 aromatic heterocycles. The van der Waals surface area contributed by atoms with Crippen molar-refractivity contribution in [3.8, 4) is 0 Å². The molecular weight excluding hydrogens is 242 g/mol. The zero-order valence-electron chi connectivity index (χ0n) is 11.6. The maximum atomic E-state index is 11.9. The number of hydrogen-bond acceptors (Lipinski definition) is 3. The summed E-state index contributed by atoms with van der Waals surface area (Å²) in [6.07, 6.45) is 6.58. The Morgan fingerprint density at radius 1 is 1.05 bits per heavy atom. The standard InChI is InChI=1S/C14H25N3O2/c18-13(16-12-4-2-1-3-5-12)6-7-14(19)17-10-8-15-9-11-17/h12,15H,1-11H2,(H,16,18). The molecule has 108 valence electrons. The van der Waals surface area contributed by atoms with E-state index in [4.69, 9.17) is 0 Å². The molecule has 1 aliphatic heterocycles. The number of carbonyl (C=O) groups excluding carboxylic acids is 2. The van der Waals surface area contributed by atoms with E-state index in [0.29, 0.717) is 18.9 Å². The van der Waals surface area contributed by atoms with Crippen LogP contribution in [0.2, 0.25) is 0 Å². The molecule has 5 nitrogen and oxygen atoms in total. The third-order valence-corrected chi connectivity index (χ3v) is 4.01. The van der Waals surface area contributed by atoms with E-state index in [1.165, 1.54) is 19.3 Å². The van der Waals surface area contributed by atoms with Crippen molar-refractivity contribution in [3.05, 3.63) is 0 Å². The van der Waals surface area contributed by atoms with E-state index in [-0.39, 0.29) is 11.8 Å². The Labute approximate surface area is 115 Å². The maximum Gasteiger partial charge on any atom is 0.223 e. The summed E-state index contributed by atoms with van der Waals surface area (Å²) in [4.78, 5) is 25.6. The molecule has 2 amide bonds. The van der Waals surface area contributed by atoms with Crippen LogP contribution in [0, 0.1) is 0 Å². The van der Waals surface area contributed by atoms with Crippen molar-refractivity contribution in [2.24, 2.45) is 0 Å². The summed E-state index contributed by atoms with van der Waals surface area (Å²) in [7, 11) is 0. The van der Waals surface area contributed by atoms with Gasteiger partial charge in [0.05, 0.1) is 0 Å². The lowest BCUT2D eigenvalue weighted by Gasteiger charge is -2.27. The first-order valence-corrected chi connectivity index (χ1v) is 7.53. The molecule has 1 aliphatic carbocycles. The predicted molar refractivity (Wildman–Crippen MR) is 73.7 cm³/mol. The highest BCUT2D eigenvalue weighted by atomic mass is 16.2. The molecule has 0 unspecified atom stereocenters. The SMILES string of the molecule is O=C(CCC(=O)N1CCNCC1)NC1CCCCC1. The summed E-state index contributed by atoms with van der Waals surface area (Å²) in [6.45, 7) is 3.26. The molecule has 5 heteroatoms. The molecule has 2 rings (SSSR count). The van der Waals surface area contributed by atoms with E-state index in [1.54, 1.807) is 0 Å². The highest BCUT2D eigenvalue weighted by molar-refractivity contribution is 5.84. The summed E-state index contributed by atoms with van der Waals surface area (Å²) >= 11 is 0. The Morgan fingerprint density at radius 2 is 1.74 bits per heavy atom. The molecule has 0 atom stereocenters. The molecule has 0 spiro atoms. The first-order chi connectivity index (χ1) is 9.25. The highest BCUT2D eigenvalue weighted by Crippen LogP contribution is 2.17. The van der Waals surface area contributed by atoms with Crippen molar-refractivity contribution in [1.82, 2.24) is 15.5 Å². The quantitative estimate of drug-likeness (QED) is 0.786. The third-order valence-electron chi connectivity index (χ3n) is 4.01. The Kier molecular flexibility index (Phi) is 5.63. The van der Waals surface area contributed by atoms with E-state index in [2.05, 4.69) is 10.6 Å². The van der Waals surface area contributed by atoms with Crippen LogP contribution in [0.4, 0.5) is 0 Å². The second-order valence-corrected chi connectivity index (χ2v) is 5.53. The van der Waals surface area contributed by atoms with Gasteiger partial charge >= 0.3 is 0 Å². The van der Waals surface area contributed by atoms with Crippen LogP contribution in [-0.4, -0.2) is 48.9 Å². The van der Waals surface area contributed by atoms with Gasteiger partial charge in [-0.1, -0.05) is 19.3 Å². The molecule has 2 fully saturated rings. The fraction of sp³-hybridized carbons (Fsp3) is 0.857. The molecule has 0 aromatic carbocycles. The van der Waals surface area contributed by atoms with Gasteiger partial charge in [0.15, 0.2) is 0 Å².